The van der Waals surface area contributed by atoms with Crippen molar-refractivity contribution in [2.45, 2.75) is 13.0 Å². The van der Waals surface area contributed by atoms with Gasteiger partial charge in [-0.25, -0.2) is 18.6 Å². The molecule has 0 bridgehead atoms. The largest absolute Gasteiger partial charge is 0.472 e. The normalized spacial score (nSPS) is 10.5. The van der Waals surface area contributed by atoms with Crippen LogP contribution in [0, 0.1) is 0 Å². The quantitative estimate of drug-likeness (QED) is 0.852. The van der Waals surface area contributed by atoms with E-state index in [1.807, 2.05) is 7.05 Å². The summed E-state index contributed by atoms with van der Waals surface area (Å²) in [4.78, 5) is 19.6. The van der Waals surface area contributed by atoms with Crippen molar-refractivity contribution in [3.8, 4) is 5.88 Å². The van der Waals surface area contributed by atoms with E-state index in [1.54, 1.807) is 23.2 Å². The number of carbonyl (C=O) groups is 1. The van der Waals surface area contributed by atoms with Gasteiger partial charge < -0.3 is 14.6 Å². The average Bonchev–Trinajstić information content (AvgIpc) is 2.89. The predicted octanol–water partition coefficient (Wildman–Crippen LogP) is 1.78. The summed E-state index contributed by atoms with van der Waals surface area (Å²) in [7, 11) is 1.81. The number of hydrogen-bond donors (Lipinski definition) is 2. The molecular weight excluding hydrogens is 296 g/mol. The zero-order valence-corrected chi connectivity index (χ0v) is 11.8. The summed E-state index contributed by atoms with van der Waals surface area (Å²) in [6.45, 7) is -0.451. The lowest BCUT2D eigenvalue weighted by molar-refractivity contribution is 0.0796. The lowest BCUT2D eigenvalue weighted by Crippen LogP contribution is -2.29. The van der Waals surface area contributed by atoms with Crippen molar-refractivity contribution in [2.24, 2.45) is 7.05 Å². The number of nitrogens with one attached hydrogen (secondary N) is 2. The first kappa shape index (κ1) is 15.7. The number of imidazole rings is 1. The molecule has 2 N–H and O–H groups in total. The van der Waals surface area contributed by atoms with Crippen molar-refractivity contribution in [3.63, 3.8) is 0 Å². The zero-order chi connectivity index (χ0) is 15.9. The molecule has 0 aliphatic carbocycles. The number of aryl methyl sites for hydroxylation is 1. The Bertz CT molecular complexity index is 632. The number of alkyl halides is 2. The molecule has 2 aromatic rings. The maximum Gasteiger partial charge on any atom is 0.320 e. The van der Waals surface area contributed by atoms with Gasteiger partial charge in [0.05, 0.1) is 18.6 Å². The highest BCUT2D eigenvalue weighted by Gasteiger charge is 2.07. The zero-order valence-electron chi connectivity index (χ0n) is 11.8. The molecule has 2 rings (SSSR count). The van der Waals surface area contributed by atoms with E-state index in [9.17, 15) is 13.6 Å². The summed E-state index contributed by atoms with van der Waals surface area (Å²) in [5.41, 5.74) is 0.831. The van der Waals surface area contributed by atoms with Crippen LogP contribution in [0.25, 0.3) is 0 Å². The molecule has 0 aromatic carbocycles. The number of hydrogen-bond acceptors (Lipinski definition) is 4. The van der Waals surface area contributed by atoms with E-state index in [0.717, 1.165) is 5.69 Å². The molecule has 7 nitrogen and oxygen atoms in total. The number of urea groups is 1. The summed E-state index contributed by atoms with van der Waals surface area (Å²) < 4.78 is 30.7. The van der Waals surface area contributed by atoms with Crippen LogP contribution < -0.4 is 15.4 Å². The van der Waals surface area contributed by atoms with Gasteiger partial charge >= 0.3 is 6.03 Å². The molecule has 0 saturated carbocycles. The van der Waals surface area contributed by atoms with E-state index >= 15 is 0 Å². The van der Waals surface area contributed by atoms with Crippen molar-refractivity contribution >= 4 is 11.8 Å². The van der Waals surface area contributed by atoms with Crippen molar-refractivity contribution in [1.29, 1.82) is 0 Å². The SMILES string of the molecule is Cn1cncc1CNC(=O)Nc1cccc(OCC(F)F)n1. The first-order valence-corrected chi connectivity index (χ1v) is 6.42. The smallest absolute Gasteiger partial charge is 0.320 e. The Labute approximate surface area is 125 Å². The monoisotopic (exact) mass is 311 g/mol. The molecule has 2 amide bonds. The molecule has 0 atom stereocenters. The van der Waals surface area contributed by atoms with Gasteiger partial charge in [0.25, 0.3) is 6.43 Å². The molecule has 0 radical (unpaired) electrons. The van der Waals surface area contributed by atoms with E-state index in [-0.39, 0.29) is 11.7 Å². The third kappa shape index (κ3) is 4.69. The Balaban J connectivity index is 1.85. The molecule has 9 heteroatoms. The van der Waals surface area contributed by atoms with E-state index in [0.29, 0.717) is 6.54 Å². The molecule has 2 aromatic heterocycles. The third-order valence-corrected chi connectivity index (χ3v) is 2.67. The van der Waals surface area contributed by atoms with Crippen LogP contribution in [-0.2, 0) is 13.6 Å². The Morgan fingerprint density at radius 1 is 1.45 bits per heavy atom. The first-order valence-electron chi connectivity index (χ1n) is 6.42. The average molecular weight is 311 g/mol. The van der Waals surface area contributed by atoms with Crippen LogP contribution in [0.4, 0.5) is 19.4 Å². The van der Waals surface area contributed by atoms with Gasteiger partial charge in [0, 0.05) is 19.3 Å². The number of halogens is 2. The second-order valence-electron chi connectivity index (χ2n) is 4.37. The van der Waals surface area contributed by atoms with E-state index in [2.05, 4.69) is 20.6 Å². The minimum Gasteiger partial charge on any atom is -0.472 e. The number of nitrogens with zero attached hydrogens (tertiary/aromatic N) is 3. The lowest BCUT2D eigenvalue weighted by atomic mass is 10.4. The van der Waals surface area contributed by atoms with E-state index in [1.165, 1.54) is 12.1 Å². The topological polar surface area (TPSA) is 81.1 Å². The summed E-state index contributed by atoms with van der Waals surface area (Å²) in [6.07, 6.45) is 0.679. The molecule has 22 heavy (non-hydrogen) atoms. The van der Waals surface area contributed by atoms with Crippen molar-refractivity contribution in [2.75, 3.05) is 11.9 Å². The highest BCUT2D eigenvalue weighted by molar-refractivity contribution is 5.88. The molecule has 0 saturated heterocycles. The molecule has 0 fully saturated rings. The van der Waals surface area contributed by atoms with Crippen molar-refractivity contribution in [3.05, 3.63) is 36.4 Å². The van der Waals surface area contributed by atoms with Gasteiger partial charge in [-0.3, -0.25) is 5.32 Å². The number of carbonyl (C=O) groups excluding carboxylic acids is 1. The van der Waals surface area contributed by atoms with E-state index in [4.69, 9.17) is 4.74 Å². The maximum absolute atomic E-state index is 12.1. The van der Waals surface area contributed by atoms with Gasteiger partial charge in [-0.2, -0.15) is 4.98 Å². The number of amides is 2. The highest BCUT2D eigenvalue weighted by atomic mass is 19.3. The second-order valence-corrected chi connectivity index (χ2v) is 4.37. The minimum absolute atomic E-state index is 0.0183. The predicted molar refractivity (Wildman–Crippen MR) is 74.8 cm³/mol. The van der Waals surface area contributed by atoms with Gasteiger partial charge in [-0.1, -0.05) is 6.07 Å². The summed E-state index contributed by atoms with van der Waals surface area (Å²) in [5.74, 6) is 0.221. The Kier molecular flexibility index (Phi) is 5.23. The molecule has 0 aliphatic heterocycles. The fraction of sp³-hybridized carbons (Fsp3) is 0.308. The van der Waals surface area contributed by atoms with Crippen LogP contribution in [-0.4, -0.2) is 33.6 Å². The molecule has 118 valence electrons. The number of pyridine rings is 1. The lowest BCUT2D eigenvalue weighted by Gasteiger charge is -2.09. The Morgan fingerprint density at radius 2 is 2.27 bits per heavy atom. The third-order valence-electron chi connectivity index (χ3n) is 2.67. The Morgan fingerprint density at radius 3 is 2.95 bits per heavy atom. The summed E-state index contributed by atoms with van der Waals surface area (Å²) >= 11 is 0. The summed E-state index contributed by atoms with van der Waals surface area (Å²) in [6, 6.07) is 4.03. The van der Waals surface area contributed by atoms with Crippen LogP contribution in [0.15, 0.2) is 30.7 Å². The second kappa shape index (κ2) is 7.34. The molecule has 0 aliphatic rings. The van der Waals surface area contributed by atoms with Crippen LogP contribution >= 0.6 is 0 Å². The maximum atomic E-state index is 12.1. The molecule has 0 spiro atoms. The van der Waals surface area contributed by atoms with E-state index < -0.39 is 19.1 Å². The molecule has 0 unspecified atom stereocenters. The number of ether oxygens (including phenoxy) is 1. The van der Waals surface area contributed by atoms with Gasteiger partial charge in [-0.05, 0) is 6.07 Å². The highest BCUT2D eigenvalue weighted by Crippen LogP contribution is 2.12. The fourth-order valence-electron chi connectivity index (χ4n) is 1.60. The summed E-state index contributed by atoms with van der Waals surface area (Å²) in [5, 5.41) is 5.13. The van der Waals surface area contributed by atoms with Crippen LogP contribution in [0.5, 0.6) is 5.88 Å². The molecule has 2 heterocycles. The van der Waals surface area contributed by atoms with Crippen LogP contribution in [0.2, 0.25) is 0 Å². The minimum atomic E-state index is -2.58. The van der Waals surface area contributed by atoms with Gasteiger partial charge in [0.2, 0.25) is 5.88 Å². The van der Waals surface area contributed by atoms with Crippen molar-refractivity contribution in [1.82, 2.24) is 19.9 Å². The van der Waals surface area contributed by atoms with Crippen LogP contribution in [0.3, 0.4) is 0 Å². The standard InChI is InChI=1S/C13H15F2N5O2/c1-20-8-16-5-9(20)6-17-13(21)19-11-3-2-4-12(18-11)22-7-10(14)15/h2-5,8,10H,6-7H2,1H3,(H2,17,18,19,21). The van der Waals surface area contributed by atoms with Crippen molar-refractivity contribution < 1.29 is 18.3 Å². The number of rotatable bonds is 6. The van der Waals surface area contributed by atoms with Crippen LogP contribution in [0.1, 0.15) is 5.69 Å². The number of aromatic nitrogens is 3. The first-order chi connectivity index (χ1) is 10.5. The fourth-order valence-corrected chi connectivity index (χ4v) is 1.60. The Hall–Kier alpha value is -2.71. The molecular formula is C13H15F2N5O2. The van der Waals surface area contributed by atoms with Gasteiger partial charge in [-0.15, -0.1) is 0 Å². The number of anilines is 1. The van der Waals surface area contributed by atoms with Gasteiger partial charge in [0.15, 0.2) is 6.61 Å². The van der Waals surface area contributed by atoms with Gasteiger partial charge in [0.1, 0.15) is 5.82 Å².